The van der Waals surface area contributed by atoms with Crippen molar-refractivity contribution < 1.29 is 22.8 Å². The summed E-state index contributed by atoms with van der Waals surface area (Å²) in [5, 5.41) is 0. The fourth-order valence-corrected chi connectivity index (χ4v) is 4.38. The molecule has 0 saturated carbocycles. The molecule has 17 heavy (non-hydrogen) atoms. The summed E-state index contributed by atoms with van der Waals surface area (Å²) in [4.78, 5) is 10.9. The summed E-state index contributed by atoms with van der Waals surface area (Å²) >= 11 is 4.25. The largest absolute Gasteiger partial charge is 0.526 e. The second-order valence-corrected chi connectivity index (χ2v) is 6.71. The predicted octanol–water partition coefficient (Wildman–Crippen LogP) is 1.44. The van der Waals surface area contributed by atoms with Crippen molar-refractivity contribution in [3.05, 3.63) is 0 Å². The van der Waals surface area contributed by atoms with Crippen LogP contribution in [0.25, 0.3) is 0 Å². The Labute approximate surface area is 110 Å². The zero-order valence-corrected chi connectivity index (χ0v) is 12.8. The molecule has 0 aromatic rings. The second kappa shape index (κ2) is 8.93. The first kappa shape index (κ1) is 16.9. The van der Waals surface area contributed by atoms with Crippen molar-refractivity contribution in [2.75, 3.05) is 26.4 Å². The number of hydrogen-bond acceptors (Lipinski definition) is 6. The van der Waals surface area contributed by atoms with Gasteiger partial charge in [0, 0.05) is 19.8 Å². The highest BCUT2D eigenvalue weighted by atomic mass is 32.1. The Morgan fingerprint density at radius 3 is 1.71 bits per heavy atom. The van der Waals surface area contributed by atoms with Crippen LogP contribution in [0.1, 0.15) is 27.7 Å². The number of hydrogen-bond donors (Lipinski definition) is 1. The van der Waals surface area contributed by atoms with Gasteiger partial charge in [-0.15, -0.1) is 0 Å². The Balaban J connectivity index is 4.88. The molecule has 0 aliphatic carbocycles. The standard InChI is InChI=1S/C10H22O5SSi/c1-5-12-9(11)10(16)17(13-6-2,14-7-3)15-8-4/h10,16H,5-8H2,1-4H3. The van der Waals surface area contributed by atoms with Crippen LogP contribution in [0.15, 0.2) is 0 Å². The first-order chi connectivity index (χ1) is 8.07. The van der Waals surface area contributed by atoms with Gasteiger partial charge in [0.15, 0.2) is 4.87 Å². The summed E-state index contributed by atoms with van der Waals surface area (Å²) in [6.45, 7) is 8.73. The first-order valence-electron chi connectivity index (χ1n) is 5.84. The molecule has 0 radical (unpaired) electrons. The number of rotatable bonds is 9. The molecule has 0 rings (SSSR count). The van der Waals surface area contributed by atoms with Gasteiger partial charge >= 0.3 is 14.8 Å². The number of carbonyl (C=O) groups is 1. The van der Waals surface area contributed by atoms with Crippen LogP contribution in [-0.2, 0) is 22.8 Å². The third kappa shape index (κ3) is 4.97. The maximum atomic E-state index is 11.7. The minimum absolute atomic E-state index is 0.296. The lowest BCUT2D eigenvalue weighted by molar-refractivity contribution is -0.142. The van der Waals surface area contributed by atoms with Crippen LogP contribution < -0.4 is 0 Å². The van der Waals surface area contributed by atoms with Gasteiger partial charge in [0.25, 0.3) is 0 Å². The minimum Gasteiger partial charge on any atom is -0.465 e. The van der Waals surface area contributed by atoms with Gasteiger partial charge < -0.3 is 18.0 Å². The molecule has 5 nitrogen and oxygen atoms in total. The third-order valence-electron chi connectivity index (χ3n) is 1.88. The fourth-order valence-electron chi connectivity index (χ4n) is 1.33. The van der Waals surface area contributed by atoms with E-state index in [-0.39, 0.29) is 0 Å². The lowest BCUT2D eigenvalue weighted by atomic mass is 10.7. The van der Waals surface area contributed by atoms with Gasteiger partial charge in [-0.25, -0.2) is 0 Å². The van der Waals surface area contributed by atoms with Gasteiger partial charge in [-0.2, -0.15) is 12.6 Å². The molecule has 0 bridgehead atoms. The maximum Gasteiger partial charge on any atom is 0.526 e. The molecule has 0 saturated heterocycles. The van der Waals surface area contributed by atoms with Gasteiger partial charge in [-0.05, 0) is 27.7 Å². The summed E-state index contributed by atoms with van der Waals surface area (Å²) in [6.07, 6.45) is 0. The van der Waals surface area contributed by atoms with Gasteiger partial charge in [-0.3, -0.25) is 4.79 Å². The van der Waals surface area contributed by atoms with E-state index in [4.69, 9.17) is 18.0 Å². The Bertz CT molecular complexity index is 210. The third-order valence-corrected chi connectivity index (χ3v) is 6.02. The topological polar surface area (TPSA) is 54.0 Å². The van der Waals surface area contributed by atoms with Crippen molar-refractivity contribution in [1.29, 1.82) is 0 Å². The van der Waals surface area contributed by atoms with Gasteiger partial charge in [0.05, 0.1) is 6.61 Å². The van der Waals surface area contributed by atoms with Gasteiger partial charge in [-0.1, -0.05) is 0 Å². The quantitative estimate of drug-likeness (QED) is 0.394. The van der Waals surface area contributed by atoms with Crippen molar-refractivity contribution in [3.8, 4) is 0 Å². The number of esters is 1. The van der Waals surface area contributed by atoms with Gasteiger partial charge in [0.2, 0.25) is 0 Å². The average molecular weight is 282 g/mol. The zero-order chi connectivity index (χ0) is 13.3. The van der Waals surface area contributed by atoms with E-state index in [0.29, 0.717) is 26.4 Å². The molecule has 102 valence electrons. The lowest BCUT2D eigenvalue weighted by Gasteiger charge is -2.31. The second-order valence-electron chi connectivity index (χ2n) is 3.06. The summed E-state index contributed by atoms with van der Waals surface area (Å²) in [6, 6.07) is 0. The Morgan fingerprint density at radius 1 is 1.00 bits per heavy atom. The van der Waals surface area contributed by atoms with Crippen LogP contribution in [0.5, 0.6) is 0 Å². The molecule has 1 atom stereocenters. The molecule has 0 heterocycles. The maximum absolute atomic E-state index is 11.7. The molecule has 0 amide bonds. The molecular formula is C10H22O5SSi. The van der Waals surface area contributed by atoms with Crippen molar-refractivity contribution in [2.24, 2.45) is 0 Å². The molecule has 0 fully saturated rings. The summed E-state index contributed by atoms with van der Waals surface area (Å²) in [5.74, 6) is -0.460. The molecule has 0 aromatic carbocycles. The minimum atomic E-state index is -3.11. The predicted molar refractivity (Wildman–Crippen MR) is 70.0 cm³/mol. The van der Waals surface area contributed by atoms with E-state index < -0.39 is 19.6 Å². The summed E-state index contributed by atoms with van der Waals surface area (Å²) in [5.41, 5.74) is 0. The SMILES string of the molecule is CCOC(=O)C(S)[Si](OCC)(OCC)OCC. The average Bonchev–Trinajstić information content (AvgIpc) is 2.29. The van der Waals surface area contributed by atoms with E-state index in [9.17, 15) is 4.79 Å². The molecule has 1 unspecified atom stereocenters. The molecular weight excluding hydrogens is 260 g/mol. The van der Waals surface area contributed by atoms with Crippen LogP contribution >= 0.6 is 12.6 Å². The van der Waals surface area contributed by atoms with E-state index in [1.807, 2.05) is 20.8 Å². The van der Waals surface area contributed by atoms with E-state index in [1.165, 1.54) is 0 Å². The zero-order valence-electron chi connectivity index (χ0n) is 10.9. The van der Waals surface area contributed by atoms with E-state index >= 15 is 0 Å². The lowest BCUT2D eigenvalue weighted by Crippen LogP contribution is -2.57. The number of carbonyl (C=O) groups excluding carboxylic acids is 1. The van der Waals surface area contributed by atoms with Crippen molar-refractivity contribution in [2.45, 2.75) is 32.6 Å². The van der Waals surface area contributed by atoms with Crippen molar-refractivity contribution >= 4 is 27.4 Å². The Hall–Kier alpha value is -0.0831. The number of thiol groups is 1. The summed E-state index contributed by atoms with van der Waals surface area (Å²) in [7, 11) is -3.11. The Kier molecular flexibility index (Phi) is 8.88. The summed E-state index contributed by atoms with van der Waals surface area (Å²) < 4.78 is 21.6. The van der Waals surface area contributed by atoms with Crippen LogP contribution in [0.4, 0.5) is 0 Å². The molecule has 0 aliphatic rings. The van der Waals surface area contributed by atoms with Crippen molar-refractivity contribution in [1.82, 2.24) is 0 Å². The molecule has 0 aliphatic heterocycles. The normalized spacial score (nSPS) is 13.5. The molecule has 7 heteroatoms. The Morgan fingerprint density at radius 2 is 1.41 bits per heavy atom. The van der Waals surface area contributed by atoms with Crippen LogP contribution in [-0.4, -0.2) is 46.1 Å². The first-order valence-corrected chi connectivity index (χ1v) is 8.16. The molecule has 0 spiro atoms. The van der Waals surface area contributed by atoms with Crippen LogP contribution in [0, 0.1) is 0 Å². The highest BCUT2D eigenvalue weighted by Gasteiger charge is 2.52. The van der Waals surface area contributed by atoms with Crippen LogP contribution in [0.3, 0.4) is 0 Å². The highest BCUT2D eigenvalue weighted by Crippen LogP contribution is 2.21. The monoisotopic (exact) mass is 282 g/mol. The van der Waals surface area contributed by atoms with Gasteiger partial charge in [0.1, 0.15) is 0 Å². The van der Waals surface area contributed by atoms with E-state index in [0.717, 1.165) is 0 Å². The van der Waals surface area contributed by atoms with Crippen molar-refractivity contribution in [3.63, 3.8) is 0 Å². The fraction of sp³-hybridized carbons (Fsp3) is 0.900. The van der Waals surface area contributed by atoms with E-state index in [2.05, 4.69) is 12.6 Å². The number of ether oxygens (including phenoxy) is 1. The van der Waals surface area contributed by atoms with E-state index in [1.54, 1.807) is 6.92 Å². The smallest absolute Gasteiger partial charge is 0.465 e. The molecule has 0 aromatic heterocycles. The van der Waals surface area contributed by atoms with Crippen LogP contribution in [0.2, 0.25) is 0 Å². The molecule has 0 N–H and O–H groups in total. The highest BCUT2D eigenvalue weighted by molar-refractivity contribution is 7.84.